The van der Waals surface area contributed by atoms with E-state index in [2.05, 4.69) is 20.8 Å². The third kappa shape index (κ3) is 5.35. The summed E-state index contributed by atoms with van der Waals surface area (Å²) in [5.41, 5.74) is 0. The smallest absolute Gasteiger partial charge is 0.342 e. The molecule has 0 bridgehead atoms. The zero-order chi connectivity index (χ0) is 16.8. The number of hydrogen-bond acceptors (Lipinski definition) is 7. The molecule has 0 radical (unpaired) electrons. The van der Waals surface area contributed by atoms with Crippen molar-refractivity contribution in [3.8, 4) is 6.01 Å². The first-order chi connectivity index (χ1) is 11.0. The number of rotatable bonds is 7. The van der Waals surface area contributed by atoms with Gasteiger partial charge in [-0.1, -0.05) is 12.0 Å². The number of aromatic nitrogens is 4. The van der Waals surface area contributed by atoms with Gasteiger partial charge >= 0.3 is 6.01 Å². The number of nitrogens with one attached hydrogen (secondary N) is 1. The summed E-state index contributed by atoms with van der Waals surface area (Å²) in [4.78, 5) is 14.1. The van der Waals surface area contributed by atoms with E-state index < -0.39 is 0 Å². The van der Waals surface area contributed by atoms with Crippen LogP contribution in [-0.2, 0) is 11.3 Å². The Kier molecular flexibility index (Phi) is 8.51. The molecule has 2 rings (SSSR count). The molecule has 1 saturated heterocycles. The standard InChI is InChI=1S/C14H24N6O2S.ClH/c1-4-8-20-13(16-17-18-20)22-14(23)19(10(2)3)9-12(21)11-6-5-7-15-11;/h10-11,15H,4-9H2,1-3H3;1H/t11-;/m1./s1. The summed E-state index contributed by atoms with van der Waals surface area (Å²) in [5, 5.41) is 14.7. The summed E-state index contributed by atoms with van der Waals surface area (Å²) in [5.74, 6) is 0.135. The molecule has 1 fully saturated rings. The SMILES string of the molecule is CCCn1nnnc1OC(=S)N(CC(=O)[C@H]1CCCN1)C(C)C.Cl. The number of carbonyl (C=O) groups is 1. The Morgan fingerprint density at radius 2 is 2.29 bits per heavy atom. The predicted molar refractivity (Wildman–Crippen MR) is 96.5 cm³/mol. The lowest BCUT2D eigenvalue weighted by molar-refractivity contribution is -0.121. The molecule has 0 amide bonds. The van der Waals surface area contributed by atoms with E-state index in [1.807, 2.05) is 20.8 Å². The van der Waals surface area contributed by atoms with Crippen molar-refractivity contribution in [1.29, 1.82) is 0 Å². The quantitative estimate of drug-likeness (QED) is 0.710. The lowest BCUT2D eigenvalue weighted by atomic mass is 10.1. The van der Waals surface area contributed by atoms with Crippen LogP contribution in [0.25, 0.3) is 0 Å². The first kappa shape index (κ1) is 20.7. The van der Waals surface area contributed by atoms with Gasteiger partial charge in [0.15, 0.2) is 5.78 Å². The first-order valence-electron chi connectivity index (χ1n) is 8.03. The van der Waals surface area contributed by atoms with E-state index in [9.17, 15) is 4.79 Å². The molecule has 0 aliphatic carbocycles. The first-order valence-corrected chi connectivity index (χ1v) is 8.44. The van der Waals surface area contributed by atoms with Crippen molar-refractivity contribution < 1.29 is 9.53 Å². The Morgan fingerprint density at radius 3 is 2.88 bits per heavy atom. The number of Topliss-reactive ketones (excluding diaryl/α,β-unsaturated/α-hetero) is 1. The third-order valence-electron chi connectivity index (χ3n) is 3.75. The van der Waals surface area contributed by atoms with Crippen molar-refractivity contribution in [3.63, 3.8) is 0 Å². The molecule has 1 aliphatic rings. The van der Waals surface area contributed by atoms with Gasteiger partial charge in [0, 0.05) is 12.6 Å². The molecule has 1 atom stereocenters. The van der Waals surface area contributed by atoms with Gasteiger partial charge in [-0.25, -0.2) is 0 Å². The van der Waals surface area contributed by atoms with Crippen LogP contribution in [0.4, 0.5) is 0 Å². The van der Waals surface area contributed by atoms with Crippen LogP contribution < -0.4 is 10.1 Å². The minimum Gasteiger partial charge on any atom is -0.396 e. The summed E-state index contributed by atoms with van der Waals surface area (Å²) in [7, 11) is 0. The number of nitrogens with zero attached hydrogens (tertiary/aromatic N) is 5. The molecule has 0 unspecified atom stereocenters. The van der Waals surface area contributed by atoms with Crippen LogP contribution in [0.5, 0.6) is 6.01 Å². The fourth-order valence-electron chi connectivity index (χ4n) is 2.45. The average Bonchev–Trinajstić information content (AvgIpc) is 3.17. The summed E-state index contributed by atoms with van der Waals surface area (Å²) in [6, 6.07) is 0.224. The van der Waals surface area contributed by atoms with E-state index in [1.54, 1.807) is 9.58 Å². The number of halogens is 1. The van der Waals surface area contributed by atoms with Gasteiger partial charge in [0.1, 0.15) is 0 Å². The molecule has 1 aliphatic heterocycles. The molecule has 0 aromatic carbocycles. The highest BCUT2D eigenvalue weighted by Gasteiger charge is 2.27. The van der Waals surface area contributed by atoms with Crippen LogP contribution in [-0.4, -0.2) is 61.2 Å². The van der Waals surface area contributed by atoms with Crippen molar-refractivity contribution >= 4 is 35.6 Å². The van der Waals surface area contributed by atoms with Crippen LogP contribution >= 0.6 is 24.6 Å². The second-order valence-corrected chi connectivity index (χ2v) is 6.24. The van der Waals surface area contributed by atoms with E-state index in [4.69, 9.17) is 17.0 Å². The maximum atomic E-state index is 12.4. The summed E-state index contributed by atoms with van der Waals surface area (Å²) in [6.45, 7) is 7.74. The molecule has 1 aromatic heterocycles. The van der Waals surface area contributed by atoms with Crippen LogP contribution in [0, 0.1) is 0 Å². The Balaban J connectivity index is 0.00000288. The molecule has 0 spiro atoms. The predicted octanol–water partition coefficient (Wildman–Crippen LogP) is 1.20. The normalized spacial score (nSPS) is 16.8. The zero-order valence-electron chi connectivity index (χ0n) is 14.3. The van der Waals surface area contributed by atoms with Gasteiger partial charge in [0.25, 0.3) is 5.17 Å². The van der Waals surface area contributed by atoms with Gasteiger partial charge in [-0.05, 0) is 62.3 Å². The van der Waals surface area contributed by atoms with Crippen molar-refractivity contribution in [2.45, 2.75) is 58.7 Å². The van der Waals surface area contributed by atoms with Crippen LogP contribution in [0.3, 0.4) is 0 Å². The zero-order valence-corrected chi connectivity index (χ0v) is 15.9. The van der Waals surface area contributed by atoms with Crippen molar-refractivity contribution in [1.82, 2.24) is 30.4 Å². The average molecular weight is 377 g/mol. The van der Waals surface area contributed by atoms with Gasteiger partial charge < -0.3 is 15.0 Å². The molecule has 8 nitrogen and oxygen atoms in total. The second kappa shape index (κ2) is 9.85. The summed E-state index contributed by atoms with van der Waals surface area (Å²) in [6.07, 6.45) is 2.80. The van der Waals surface area contributed by atoms with Crippen molar-refractivity contribution in [2.75, 3.05) is 13.1 Å². The van der Waals surface area contributed by atoms with Gasteiger partial charge in [-0.2, -0.15) is 4.68 Å². The van der Waals surface area contributed by atoms with Gasteiger partial charge in [0.2, 0.25) is 0 Å². The Hall–Kier alpha value is -1.32. The summed E-state index contributed by atoms with van der Waals surface area (Å²) < 4.78 is 7.20. The third-order valence-corrected chi connectivity index (χ3v) is 4.06. The minimum absolute atomic E-state index is 0. The Morgan fingerprint density at radius 1 is 1.54 bits per heavy atom. The highest BCUT2D eigenvalue weighted by molar-refractivity contribution is 7.80. The molecule has 1 aromatic rings. The highest BCUT2D eigenvalue weighted by atomic mass is 35.5. The van der Waals surface area contributed by atoms with E-state index in [-0.39, 0.29) is 48.0 Å². The van der Waals surface area contributed by atoms with Crippen molar-refractivity contribution in [2.24, 2.45) is 0 Å². The Labute approximate surface area is 153 Å². The van der Waals surface area contributed by atoms with Crippen LogP contribution in [0.1, 0.15) is 40.0 Å². The number of aryl methyl sites for hydroxylation is 1. The monoisotopic (exact) mass is 376 g/mol. The summed E-state index contributed by atoms with van der Waals surface area (Å²) >= 11 is 5.36. The van der Waals surface area contributed by atoms with E-state index in [0.29, 0.717) is 6.54 Å². The lowest BCUT2D eigenvalue weighted by Gasteiger charge is -2.28. The molecule has 24 heavy (non-hydrogen) atoms. The number of ether oxygens (including phenoxy) is 1. The maximum absolute atomic E-state index is 12.4. The van der Waals surface area contributed by atoms with Crippen LogP contribution in [0.15, 0.2) is 0 Å². The molecule has 1 N–H and O–H groups in total. The van der Waals surface area contributed by atoms with E-state index in [1.165, 1.54) is 0 Å². The molecular formula is C14H25ClN6O2S. The van der Waals surface area contributed by atoms with Gasteiger partial charge in [0.05, 0.1) is 12.6 Å². The molecule has 10 heteroatoms. The minimum atomic E-state index is -0.0792. The highest BCUT2D eigenvalue weighted by Crippen LogP contribution is 2.12. The number of carbonyl (C=O) groups excluding carboxylic acids is 1. The topological polar surface area (TPSA) is 85.2 Å². The van der Waals surface area contributed by atoms with E-state index in [0.717, 1.165) is 25.8 Å². The van der Waals surface area contributed by atoms with Gasteiger partial charge in [-0.15, -0.1) is 12.4 Å². The fourth-order valence-corrected chi connectivity index (χ4v) is 2.80. The molecule has 0 saturated carbocycles. The molecular weight excluding hydrogens is 352 g/mol. The van der Waals surface area contributed by atoms with Gasteiger partial charge in [-0.3, -0.25) is 4.79 Å². The number of ketones is 1. The fraction of sp³-hybridized carbons (Fsp3) is 0.786. The number of thiocarbonyl (C=S) groups is 1. The molecule has 136 valence electrons. The second-order valence-electron chi connectivity index (χ2n) is 5.89. The van der Waals surface area contributed by atoms with E-state index >= 15 is 0 Å². The molecule has 2 heterocycles. The maximum Gasteiger partial charge on any atom is 0.342 e. The lowest BCUT2D eigenvalue weighted by Crippen LogP contribution is -2.46. The number of hydrogen-bond donors (Lipinski definition) is 1. The largest absolute Gasteiger partial charge is 0.396 e. The van der Waals surface area contributed by atoms with Crippen LogP contribution in [0.2, 0.25) is 0 Å². The van der Waals surface area contributed by atoms with Crippen molar-refractivity contribution in [3.05, 3.63) is 0 Å². The Bertz CT molecular complexity index is 547. The number of tetrazole rings is 1.